The molecule has 1 nitrogen and oxygen atoms in total. The summed E-state index contributed by atoms with van der Waals surface area (Å²) in [7, 11) is 1.93. The van der Waals surface area contributed by atoms with Crippen LogP contribution in [0.25, 0.3) is 0 Å². The molecule has 0 atom stereocenters. The summed E-state index contributed by atoms with van der Waals surface area (Å²) in [5.74, 6) is 0. The maximum absolute atomic E-state index is 3.61. The van der Waals surface area contributed by atoms with E-state index in [1.54, 1.807) is 6.08 Å². The Morgan fingerprint density at radius 2 is 2.18 bits per heavy atom. The highest BCUT2D eigenvalue weighted by Gasteiger charge is 1.91. The van der Waals surface area contributed by atoms with Gasteiger partial charge in [0.05, 0.1) is 0 Å². The van der Waals surface area contributed by atoms with E-state index in [4.69, 9.17) is 0 Å². The van der Waals surface area contributed by atoms with Crippen molar-refractivity contribution >= 4 is 0 Å². The molecule has 11 heavy (non-hydrogen) atoms. The fourth-order valence-electron chi connectivity index (χ4n) is 0.794. The summed E-state index contributed by atoms with van der Waals surface area (Å²) in [6, 6.07) is 0. The van der Waals surface area contributed by atoms with Gasteiger partial charge in [0.2, 0.25) is 0 Å². The van der Waals surface area contributed by atoms with Crippen LogP contribution in [0.5, 0.6) is 0 Å². The van der Waals surface area contributed by atoms with Crippen molar-refractivity contribution in [1.29, 1.82) is 0 Å². The molecule has 0 bridgehead atoms. The van der Waals surface area contributed by atoms with Gasteiger partial charge in [0, 0.05) is 12.7 Å². The van der Waals surface area contributed by atoms with Crippen molar-refractivity contribution in [3.05, 3.63) is 36.1 Å². The minimum atomic E-state index is 1.08. The van der Waals surface area contributed by atoms with Crippen LogP contribution < -0.4 is 5.32 Å². The van der Waals surface area contributed by atoms with Gasteiger partial charge < -0.3 is 5.32 Å². The molecule has 0 heterocycles. The highest BCUT2D eigenvalue weighted by Crippen LogP contribution is 2.05. The summed E-state index contributed by atoms with van der Waals surface area (Å²) in [6.45, 7) is 7.89. The molecule has 0 spiro atoms. The Labute approximate surface area is 69.5 Å². The van der Waals surface area contributed by atoms with Gasteiger partial charge in [0.25, 0.3) is 0 Å². The number of hydrogen-bond donors (Lipinski definition) is 1. The summed E-state index contributed by atoms with van der Waals surface area (Å²) in [5.41, 5.74) is 2.55. The molecule has 0 aliphatic heterocycles. The first kappa shape index (κ1) is 10.0. The second kappa shape index (κ2) is 5.78. The van der Waals surface area contributed by atoms with E-state index >= 15 is 0 Å². The Balaban J connectivity index is 4.37. The number of hydrogen-bond acceptors (Lipinski definition) is 1. The topological polar surface area (TPSA) is 12.0 Å². The molecule has 0 fully saturated rings. The zero-order valence-electron chi connectivity index (χ0n) is 7.65. The van der Waals surface area contributed by atoms with Gasteiger partial charge in [-0.25, -0.2) is 0 Å². The first-order valence-corrected chi connectivity index (χ1v) is 3.92. The molecule has 0 amide bonds. The highest BCUT2D eigenvalue weighted by atomic mass is 14.8. The van der Waals surface area contributed by atoms with Crippen molar-refractivity contribution in [2.45, 2.75) is 20.3 Å². The van der Waals surface area contributed by atoms with Gasteiger partial charge in [-0.3, -0.25) is 0 Å². The van der Waals surface area contributed by atoms with E-state index in [0.29, 0.717) is 0 Å². The molecule has 0 aliphatic carbocycles. The molecule has 0 aromatic rings. The molecule has 0 unspecified atom stereocenters. The second-order valence-corrected chi connectivity index (χ2v) is 2.39. The molecule has 0 aromatic heterocycles. The smallest absolute Gasteiger partial charge is 0.0326 e. The molecule has 0 saturated heterocycles. The lowest BCUT2D eigenvalue weighted by Gasteiger charge is -2.04. The summed E-state index contributed by atoms with van der Waals surface area (Å²) >= 11 is 0. The lowest BCUT2D eigenvalue weighted by molar-refractivity contribution is 0.955. The van der Waals surface area contributed by atoms with Gasteiger partial charge >= 0.3 is 0 Å². The fourth-order valence-corrected chi connectivity index (χ4v) is 0.794. The van der Waals surface area contributed by atoms with Crippen LogP contribution in [0, 0.1) is 0 Å². The first-order valence-electron chi connectivity index (χ1n) is 3.92. The average Bonchev–Trinajstić information content (AvgIpc) is 2.05. The Bertz CT molecular complexity index is 175. The van der Waals surface area contributed by atoms with Gasteiger partial charge in [-0.1, -0.05) is 31.2 Å². The third-order valence-corrected chi connectivity index (χ3v) is 1.66. The third kappa shape index (κ3) is 3.66. The minimum absolute atomic E-state index is 1.08. The predicted molar refractivity (Wildman–Crippen MR) is 51.4 cm³/mol. The van der Waals surface area contributed by atoms with Crippen LogP contribution in [0.1, 0.15) is 20.3 Å². The largest absolute Gasteiger partial charge is 0.388 e. The average molecular weight is 151 g/mol. The minimum Gasteiger partial charge on any atom is -0.388 e. The van der Waals surface area contributed by atoms with Crippen molar-refractivity contribution in [2.24, 2.45) is 0 Å². The second-order valence-electron chi connectivity index (χ2n) is 2.39. The summed E-state index contributed by atoms with van der Waals surface area (Å²) in [5, 5.41) is 3.13. The molecule has 0 rings (SSSR count). The summed E-state index contributed by atoms with van der Waals surface area (Å²) in [4.78, 5) is 0. The predicted octanol–water partition coefficient (Wildman–Crippen LogP) is 2.63. The summed E-state index contributed by atoms with van der Waals surface area (Å²) in [6.07, 6.45) is 6.83. The standard InChI is InChI=1S/C10H17N/c1-5-7-8-10(11-4)9(3)6-2/h5,7-8,11H,1,6H2,2-4H3/b8-7-,10-9+. The summed E-state index contributed by atoms with van der Waals surface area (Å²) < 4.78 is 0. The zero-order valence-corrected chi connectivity index (χ0v) is 7.65. The van der Waals surface area contributed by atoms with Crippen molar-refractivity contribution in [3.8, 4) is 0 Å². The lowest BCUT2D eigenvalue weighted by atomic mass is 10.1. The quantitative estimate of drug-likeness (QED) is 0.609. The SMILES string of the molecule is C=C/C=C\C(NC)=C(\C)CC. The van der Waals surface area contributed by atoms with Crippen LogP contribution in [0.4, 0.5) is 0 Å². The molecule has 1 heteroatoms. The van der Waals surface area contributed by atoms with Gasteiger partial charge in [-0.05, 0) is 19.4 Å². The number of allylic oxidation sites excluding steroid dienone is 4. The Morgan fingerprint density at radius 3 is 2.55 bits per heavy atom. The van der Waals surface area contributed by atoms with Crippen LogP contribution in [-0.2, 0) is 0 Å². The van der Waals surface area contributed by atoms with Crippen molar-refractivity contribution < 1.29 is 0 Å². The van der Waals surface area contributed by atoms with E-state index in [0.717, 1.165) is 6.42 Å². The van der Waals surface area contributed by atoms with Gasteiger partial charge in [-0.2, -0.15) is 0 Å². The Kier molecular flexibility index (Phi) is 5.26. The molecule has 0 aliphatic rings. The molecule has 1 N–H and O–H groups in total. The van der Waals surface area contributed by atoms with Crippen LogP contribution >= 0.6 is 0 Å². The number of nitrogens with one attached hydrogen (secondary N) is 1. The van der Waals surface area contributed by atoms with Gasteiger partial charge in [-0.15, -0.1) is 0 Å². The fraction of sp³-hybridized carbons (Fsp3) is 0.400. The van der Waals surface area contributed by atoms with Crippen LogP contribution in [-0.4, -0.2) is 7.05 Å². The van der Waals surface area contributed by atoms with Gasteiger partial charge in [0.1, 0.15) is 0 Å². The molecule has 0 aromatic carbocycles. The van der Waals surface area contributed by atoms with Crippen LogP contribution in [0.2, 0.25) is 0 Å². The first-order chi connectivity index (χ1) is 5.26. The Hall–Kier alpha value is -0.980. The maximum atomic E-state index is 3.61. The van der Waals surface area contributed by atoms with Crippen molar-refractivity contribution in [3.63, 3.8) is 0 Å². The number of likely N-dealkylation sites (N-methyl/N-ethyl adjacent to an activating group) is 1. The molecule has 0 saturated carbocycles. The molecule has 0 radical (unpaired) electrons. The van der Waals surface area contributed by atoms with E-state index in [9.17, 15) is 0 Å². The van der Waals surface area contributed by atoms with E-state index in [2.05, 4.69) is 25.7 Å². The van der Waals surface area contributed by atoms with E-state index in [1.165, 1.54) is 11.3 Å². The Morgan fingerprint density at radius 1 is 1.55 bits per heavy atom. The molecule has 62 valence electrons. The zero-order chi connectivity index (χ0) is 8.69. The lowest BCUT2D eigenvalue weighted by Crippen LogP contribution is -2.05. The van der Waals surface area contributed by atoms with Gasteiger partial charge in [0.15, 0.2) is 0 Å². The maximum Gasteiger partial charge on any atom is 0.0326 e. The van der Waals surface area contributed by atoms with Crippen LogP contribution in [0.3, 0.4) is 0 Å². The van der Waals surface area contributed by atoms with Crippen molar-refractivity contribution in [1.82, 2.24) is 5.32 Å². The number of rotatable bonds is 4. The van der Waals surface area contributed by atoms with Crippen LogP contribution in [0.15, 0.2) is 36.1 Å². The van der Waals surface area contributed by atoms with E-state index in [-0.39, 0.29) is 0 Å². The van der Waals surface area contributed by atoms with E-state index < -0.39 is 0 Å². The third-order valence-electron chi connectivity index (χ3n) is 1.66. The molecular weight excluding hydrogens is 134 g/mol. The highest BCUT2D eigenvalue weighted by molar-refractivity contribution is 5.24. The van der Waals surface area contributed by atoms with E-state index in [1.807, 2.05) is 19.2 Å². The monoisotopic (exact) mass is 151 g/mol. The normalized spacial score (nSPS) is 13.0. The van der Waals surface area contributed by atoms with Crippen molar-refractivity contribution in [2.75, 3.05) is 7.05 Å². The molecular formula is C10H17N.